The predicted octanol–water partition coefficient (Wildman–Crippen LogP) is 3.66. The molecule has 180 valence electrons. The van der Waals surface area contributed by atoms with Gasteiger partial charge in [0.25, 0.3) is 0 Å². The third-order valence-corrected chi connectivity index (χ3v) is 6.84. The van der Waals surface area contributed by atoms with Gasteiger partial charge in [0.05, 0.1) is 29.4 Å². The van der Waals surface area contributed by atoms with E-state index in [2.05, 4.69) is 16.1 Å². The second-order valence-corrected chi connectivity index (χ2v) is 8.99. The highest BCUT2D eigenvalue weighted by atomic mass is 19.1. The van der Waals surface area contributed by atoms with E-state index in [0.29, 0.717) is 31.8 Å². The number of benzene rings is 1. The highest BCUT2D eigenvalue weighted by Gasteiger charge is 2.40. The maximum absolute atomic E-state index is 16.0. The van der Waals surface area contributed by atoms with Gasteiger partial charge in [0.2, 0.25) is 5.43 Å². The lowest BCUT2D eigenvalue weighted by Crippen LogP contribution is -2.44. The first-order chi connectivity index (χ1) is 16.4. The zero-order chi connectivity index (χ0) is 24.0. The molecule has 3 aliphatic rings. The summed E-state index contributed by atoms with van der Waals surface area (Å²) in [4.78, 5) is 37.7. The Kier molecular flexibility index (Phi) is 5.66. The second kappa shape index (κ2) is 8.66. The van der Waals surface area contributed by atoms with Crippen molar-refractivity contribution in [1.82, 2.24) is 9.88 Å². The van der Waals surface area contributed by atoms with Crippen LogP contribution in [-0.2, 0) is 4.74 Å². The molecule has 1 amide bonds. The van der Waals surface area contributed by atoms with Gasteiger partial charge in [0.15, 0.2) is 11.6 Å². The van der Waals surface area contributed by atoms with E-state index in [0.717, 1.165) is 12.8 Å². The van der Waals surface area contributed by atoms with E-state index in [1.54, 1.807) is 17.6 Å². The normalized spacial score (nSPS) is 23.6. The molecule has 34 heavy (non-hydrogen) atoms. The molecule has 1 saturated heterocycles. The number of ether oxygens (including phenoxy) is 2. The van der Waals surface area contributed by atoms with E-state index >= 15 is 4.39 Å². The SMILES string of the molecule is CCOC(=O)NC1CC=CC2CN(c3ccc4c(=O)c(OC(=O)O)cn(C5CC5)c4c3F)CC21. The summed E-state index contributed by atoms with van der Waals surface area (Å²) in [5.41, 5.74) is -0.114. The van der Waals surface area contributed by atoms with Gasteiger partial charge < -0.3 is 29.4 Å². The molecule has 0 bridgehead atoms. The molecular formula is C24H26FN3O6. The molecule has 1 aromatic carbocycles. The number of fused-ring (bicyclic) bond motifs is 2. The number of aromatic nitrogens is 1. The number of amides is 1. The van der Waals surface area contributed by atoms with Crippen LogP contribution in [0.5, 0.6) is 5.75 Å². The standard InChI is InChI=1S/C24H26FN3O6/c1-2-33-23(30)26-17-5-3-4-13-10-27(11-16(13)17)18-9-8-15-21(20(18)25)28(14-6-7-14)12-19(22(15)29)34-24(31)32/h3-4,8-9,12-14,16-17H,2,5-7,10-11H2,1H3,(H,26,30)(H,31,32). The number of carboxylic acid groups (broad SMARTS) is 1. The van der Waals surface area contributed by atoms with Crippen molar-refractivity contribution in [1.29, 1.82) is 0 Å². The van der Waals surface area contributed by atoms with Crippen molar-refractivity contribution in [3.8, 4) is 5.75 Å². The molecule has 3 atom stereocenters. The fraction of sp³-hybridized carbons (Fsp3) is 0.458. The maximum Gasteiger partial charge on any atom is 0.511 e. The van der Waals surface area contributed by atoms with E-state index in [4.69, 9.17) is 9.84 Å². The average molecular weight is 471 g/mol. The van der Waals surface area contributed by atoms with Crippen molar-refractivity contribution in [2.45, 2.75) is 38.3 Å². The third kappa shape index (κ3) is 3.97. The first-order valence-corrected chi connectivity index (χ1v) is 11.5. The summed E-state index contributed by atoms with van der Waals surface area (Å²) in [5, 5.41) is 12.0. The lowest BCUT2D eigenvalue weighted by molar-refractivity contribution is 0.141. The minimum Gasteiger partial charge on any atom is -0.450 e. The summed E-state index contributed by atoms with van der Waals surface area (Å²) in [6.45, 7) is 3.17. The van der Waals surface area contributed by atoms with E-state index in [1.165, 1.54) is 12.3 Å². The van der Waals surface area contributed by atoms with Gasteiger partial charge in [-0.05, 0) is 38.3 Å². The molecule has 1 aromatic heterocycles. The number of nitrogens with one attached hydrogen (secondary N) is 1. The first kappa shape index (κ1) is 22.2. The van der Waals surface area contributed by atoms with Gasteiger partial charge in [0.1, 0.15) is 0 Å². The Morgan fingerprint density at radius 3 is 2.76 bits per heavy atom. The van der Waals surface area contributed by atoms with E-state index in [-0.39, 0.29) is 40.6 Å². The highest BCUT2D eigenvalue weighted by molar-refractivity contribution is 5.85. The largest absolute Gasteiger partial charge is 0.511 e. The molecule has 10 heteroatoms. The monoisotopic (exact) mass is 471 g/mol. The van der Waals surface area contributed by atoms with Gasteiger partial charge in [-0.1, -0.05) is 12.2 Å². The number of alkyl carbamates (subject to hydrolysis) is 1. The Bertz CT molecular complexity index is 1240. The van der Waals surface area contributed by atoms with Crippen LogP contribution in [0.15, 0.2) is 35.3 Å². The molecule has 5 rings (SSSR count). The second-order valence-electron chi connectivity index (χ2n) is 8.99. The number of hydrogen-bond acceptors (Lipinski definition) is 6. The van der Waals surface area contributed by atoms with Crippen LogP contribution >= 0.6 is 0 Å². The minimum absolute atomic E-state index is 0.00811. The number of pyridine rings is 1. The van der Waals surface area contributed by atoms with Crippen LogP contribution in [0.1, 0.15) is 32.2 Å². The fourth-order valence-electron chi connectivity index (χ4n) is 5.17. The van der Waals surface area contributed by atoms with Gasteiger partial charge >= 0.3 is 12.2 Å². The Morgan fingerprint density at radius 1 is 1.26 bits per heavy atom. The van der Waals surface area contributed by atoms with E-state index in [1.807, 2.05) is 11.0 Å². The van der Waals surface area contributed by atoms with Gasteiger partial charge in [-0.15, -0.1) is 0 Å². The zero-order valence-corrected chi connectivity index (χ0v) is 18.7. The van der Waals surface area contributed by atoms with Crippen molar-refractivity contribution in [3.63, 3.8) is 0 Å². The van der Waals surface area contributed by atoms with Crippen LogP contribution in [0, 0.1) is 17.7 Å². The van der Waals surface area contributed by atoms with Crippen LogP contribution in [0.25, 0.3) is 10.9 Å². The molecule has 1 saturated carbocycles. The van der Waals surface area contributed by atoms with Gasteiger partial charge in [-0.2, -0.15) is 0 Å². The van der Waals surface area contributed by atoms with Gasteiger partial charge in [0, 0.05) is 37.0 Å². The van der Waals surface area contributed by atoms with E-state index < -0.39 is 23.5 Å². The third-order valence-electron chi connectivity index (χ3n) is 6.84. The van der Waals surface area contributed by atoms with Crippen LogP contribution < -0.4 is 20.4 Å². The number of halogens is 1. The Morgan fingerprint density at radius 2 is 2.06 bits per heavy atom. The topological polar surface area (TPSA) is 110 Å². The summed E-state index contributed by atoms with van der Waals surface area (Å²) in [5.74, 6) is -0.598. The van der Waals surface area contributed by atoms with Crippen molar-refractivity contribution in [3.05, 3.63) is 46.5 Å². The minimum atomic E-state index is -1.59. The molecule has 9 nitrogen and oxygen atoms in total. The van der Waals surface area contributed by atoms with E-state index in [9.17, 15) is 14.4 Å². The number of nitrogens with zero attached hydrogens (tertiary/aromatic N) is 2. The Balaban J connectivity index is 1.49. The summed E-state index contributed by atoms with van der Waals surface area (Å²) < 4.78 is 27.3. The lowest BCUT2D eigenvalue weighted by Gasteiger charge is -2.29. The van der Waals surface area contributed by atoms with Gasteiger partial charge in [-0.3, -0.25) is 4.79 Å². The number of carbonyl (C=O) groups excluding carboxylic acids is 1. The molecule has 1 aliphatic heterocycles. The molecule has 2 aromatic rings. The molecule has 2 N–H and O–H groups in total. The molecule has 2 aliphatic carbocycles. The molecular weight excluding hydrogens is 445 g/mol. The Labute approximate surface area is 194 Å². The van der Waals surface area contributed by atoms with Crippen molar-refractivity contribution >= 4 is 28.8 Å². The number of hydrogen-bond donors (Lipinski definition) is 2. The molecule has 2 fully saturated rings. The summed E-state index contributed by atoms with van der Waals surface area (Å²) in [7, 11) is 0. The number of rotatable bonds is 5. The smallest absolute Gasteiger partial charge is 0.450 e. The van der Waals surface area contributed by atoms with Crippen molar-refractivity contribution in [2.75, 3.05) is 24.6 Å². The maximum atomic E-state index is 16.0. The predicted molar refractivity (Wildman–Crippen MR) is 122 cm³/mol. The first-order valence-electron chi connectivity index (χ1n) is 11.5. The van der Waals surface area contributed by atoms with Crippen LogP contribution in [0.3, 0.4) is 0 Å². The highest BCUT2D eigenvalue weighted by Crippen LogP contribution is 2.41. The molecule has 0 radical (unpaired) electrons. The number of carbonyl (C=O) groups is 2. The summed E-state index contributed by atoms with van der Waals surface area (Å²) in [6, 6.07) is 2.99. The molecule has 0 spiro atoms. The fourth-order valence-corrected chi connectivity index (χ4v) is 5.17. The van der Waals surface area contributed by atoms with Crippen molar-refractivity contribution in [2.24, 2.45) is 11.8 Å². The summed E-state index contributed by atoms with van der Waals surface area (Å²) in [6.07, 6.45) is 5.72. The number of anilines is 1. The van der Waals surface area contributed by atoms with Crippen molar-refractivity contribution < 1.29 is 28.6 Å². The quantitative estimate of drug-likeness (QED) is 0.506. The average Bonchev–Trinajstić information content (AvgIpc) is 3.54. The lowest BCUT2D eigenvalue weighted by atomic mass is 9.83. The summed E-state index contributed by atoms with van der Waals surface area (Å²) >= 11 is 0. The Hall–Kier alpha value is -3.56. The zero-order valence-electron chi connectivity index (χ0n) is 18.7. The van der Waals surface area contributed by atoms with Crippen LogP contribution in [-0.4, -0.2) is 47.7 Å². The van der Waals surface area contributed by atoms with Crippen LogP contribution in [0.2, 0.25) is 0 Å². The van der Waals surface area contributed by atoms with Crippen LogP contribution in [0.4, 0.5) is 19.7 Å². The molecule has 3 unspecified atom stereocenters. The van der Waals surface area contributed by atoms with Gasteiger partial charge in [-0.25, -0.2) is 14.0 Å². The molecule has 2 heterocycles.